The zero-order valence-corrected chi connectivity index (χ0v) is 22.0. The second-order valence-corrected chi connectivity index (χ2v) is 10.3. The average molecular weight is 519 g/mol. The van der Waals surface area contributed by atoms with Crippen LogP contribution in [0.15, 0.2) is 53.1 Å². The van der Waals surface area contributed by atoms with Crippen LogP contribution in [0, 0.1) is 5.82 Å². The van der Waals surface area contributed by atoms with Crippen molar-refractivity contribution >= 4 is 17.5 Å². The Hall–Kier alpha value is -3.52. The number of aryl methyl sites for hydroxylation is 1. The Bertz CT molecular complexity index is 1270. The molecule has 0 atom stereocenters. The summed E-state index contributed by atoms with van der Waals surface area (Å²) in [5.41, 5.74) is 4.14. The van der Waals surface area contributed by atoms with Gasteiger partial charge in [0.15, 0.2) is 5.69 Å². The molecule has 2 heterocycles. The third-order valence-electron chi connectivity index (χ3n) is 7.58. The van der Waals surface area contributed by atoms with E-state index in [-0.39, 0.29) is 17.6 Å². The first kappa shape index (κ1) is 26.1. The monoisotopic (exact) mass is 518 g/mol. The highest BCUT2D eigenvalue weighted by Crippen LogP contribution is 2.27. The molecule has 8 heteroatoms. The molecule has 1 aromatic heterocycles. The van der Waals surface area contributed by atoms with E-state index in [9.17, 15) is 14.0 Å². The molecule has 0 spiro atoms. The first-order valence-corrected chi connectivity index (χ1v) is 13.6. The normalized spacial score (nSPS) is 17.2. The molecule has 2 aliphatic rings. The quantitative estimate of drug-likeness (QED) is 0.457. The van der Waals surface area contributed by atoms with Gasteiger partial charge in [-0.2, -0.15) is 0 Å². The van der Waals surface area contributed by atoms with E-state index in [4.69, 9.17) is 4.52 Å². The number of halogens is 1. The highest BCUT2D eigenvalue weighted by atomic mass is 19.1. The molecule has 0 unspecified atom stereocenters. The number of hydrogen-bond acceptors (Lipinski definition) is 5. The second kappa shape index (κ2) is 11.9. The summed E-state index contributed by atoms with van der Waals surface area (Å²) in [5.74, 6) is 0.415. The van der Waals surface area contributed by atoms with Crippen LogP contribution in [0.4, 0.5) is 10.1 Å². The van der Waals surface area contributed by atoms with Crippen molar-refractivity contribution < 1.29 is 18.5 Å². The van der Waals surface area contributed by atoms with Crippen LogP contribution < -0.4 is 4.90 Å². The van der Waals surface area contributed by atoms with Crippen molar-refractivity contribution in [3.05, 3.63) is 82.5 Å². The lowest BCUT2D eigenvalue weighted by Crippen LogP contribution is -2.39. The smallest absolute Gasteiger partial charge is 0.276 e. The maximum atomic E-state index is 14.0. The molecular weight excluding hydrogens is 483 g/mol. The molecule has 0 saturated carbocycles. The van der Waals surface area contributed by atoms with Crippen LogP contribution in [0.5, 0.6) is 0 Å². The molecule has 1 aliphatic carbocycles. The summed E-state index contributed by atoms with van der Waals surface area (Å²) in [6.45, 7) is 5.04. The van der Waals surface area contributed by atoms with E-state index in [1.165, 1.54) is 12.1 Å². The zero-order valence-electron chi connectivity index (χ0n) is 22.0. The largest absolute Gasteiger partial charge is 0.360 e. The topological polar surface area (TPSA) is 69.9 Å². The van der Waals surface area contributed by atoms with Crippen LogP contribution in [0.2, 0.25) is 0 Å². The standard InChI is InChI=1S/C30H35FN4O3/c1-22(36)35-17-7-16-33(20-23-12-14-25(31)15-13-23)18-19-34(21-24-8-5-6-10-27(24)35)30(37)29-26-9-3-2-4-11-28(26)38-32-29/h5-6,8,10,12-15H,2-4,7,9,11,16-21H2,1H3. The highest BCUT2D eigenvalue weighted by Gasteiger charge is 2.29. The van der Waals surface area contributed by atoms with Gasteiger partial charge in [0.2, 0.25) is 5.91 Å². The van der Waals surface area contributed by atoms with Crippen LogP contribution in [0.1, 0.15) is 65.5 Å². The van der Waals surface area contributed by atoms with Gasteiger partial charge in [-0.1, -0.05) is 41.9 Å². The number of fused-ring (bicyclic) bond motifs is 2. The molecule has 5 rings (SSSR count). The SMILES string of the molecule is CC(=O)N1CCCN(Cc2ccc(F)cc2)CCN(C(=O)c2noc3c2CCCCC3)Cc2ccccc21. The molecule has 0 N–H and O–H groups in total. The maximum absolute atomic E-state index is 14.0. The Labute approximate surface area is 223 Å². The number of amides is 2. The fourth-order valence-corrected chi connectivity index (χ4v) is 5.53. The van der Waals surface area contributed by atoms with Crippen molar-refractivity contribution in [2.75, 3.05) is 31.1 Å². The second-order valence-electron chi connectivity index (χ2n) is 10.3. The summed E-state index contributed by atoms with van der Waals surface area (Å²) in [6, 6.07) is 14.4. The lowest BCUT2D eigenvalue weighted by atomic mass is 10.1. The number of rotatable bonds is 3. The first-order valence-electron chi connectivity index (χ1n) is 13.6. The van der Waals surface area contributed by atoms with E-state index in [2.05, 4.69) is 10.1 Å². The van der Waals surface area contributed by atoms with E-state index in [0.29, 0.717) is 38.4 Å². The number of carbonyl (C=O) groups is 2. The first-order chi connectivity index (χ1) is 18.5. The Morgan fingerprint density at radius 2 is 1.71 bits per heavy atom. The summed E-state index contributed by atoms with van der Waals surface area (Å²) in [5, 5.41) is 4.24. The van der Waals surface area contributed by atoms with Gasteiger partial charge in [-0.15, -0.1) is 0 Å². The van der Waals surface area contributed by atoms with Crippen molar-refractivity contribution in [1.82, 2.24) is 15.0 Å². The molecule has 0 bridgehead atoms. The molecule has 2 amide bonds. The molecule has 38 heavy (non-hydrogen) atoms. The minimum Gasteiger partial charge on any atom is -0.360 e. The van der Waals surface area contributed by atoms with Gasteiger partial charge in [0.1, 0.15) is 11.6 Å². The lowest BCUT2D eigenvalue weighted by molar-refractivity contribution is -0.116. The predicted molar refractivity (Wildman–Crippen MR) is 143 cm³/mol. The molecule has 2 aromatic carbocycles. The van der Waals surface area contributed by atoms with Gasteiger partial charge in [0, 0.05) is 63.9 Å². The Balaban J connectivity index is 1.46. The van der Waals surface area contributed by atoms with Crippen LogP contribution in [0.25, 0.3) is 0 Å². The molecule has 1 aliphatic heterocycles. The van der Waals surface area contributed by atoms with Gasteiger partial charge in [0.25, 0.3) is 5.91 Å². The van der Waals surface area contributed by atoms with Gasteiger partial charge in [-0.25, -0.2) is 4.39 Å². The molecule has 0 saturated heterocycles. The third-order valence-corrected chi connectivity index (χ3v) is 7.58. The van der Waals surface area contributed by atoms with Crippen molar-refractivity contribution in [3.8, 4) is 0 Å². The van der Waals surface area contributed by atoms with Crippen LogP contribution >= 0.6 is 0 Å². The summed E-state index contributed by atoms with van der Waals surface area (Å²) < 4.78 is 19.1. The summed E-state index contributed by atoms with van der Waals surface area (Å²) in [4.78, 5) is 32.6. The van der Waals surface area contributed by atoms with Gasteiger partial charge < -0.3 is 14.3 Å². The molecule has 3 aromatic rings. The number of aromatic nitrogens is 1. The van der Waals surface area contributed by atoms with Gasteiger partial charge in [0.05, 0.1) is 0 Å². The fourth-order valence-electron chi connectivity index (χ4n) is 5.53. The van der Waals surface area contributed by atoms with E-state index >= 15 is 0 Å². The van der Waals surface area contributed by atoms with Crippen molar-refractivity contribution in [2.24, 2.45) is 0 Å². The van der Waals surface area contributed by atoms with Crippen LogP contribution in [-0.2, 0) is 30.7 Å². The number of para-hydroxylation sites is 1. The Morgan fingerprint density at radius 3 is 2.53 bits per heavy atom. The van der Waals surface area contributed by atoms with Crippen molar-refractivity contribution in [1.29, 1.82) is 0 Å². The minimum absolute atomic E-state index is 0.0264. The number of hydrogen-bond donors (Lipinski definition) is 0. The Morgan fingerprint density at radius 1 is 0.921 bits per heavy atom. The van der Waals surface area contributed by atoms with E-state index in [1.54, 1.807) is 19.1 Å². The van der Waals surface area contributed by atoms with E-state index < -0.39 is 0 Å². The number of benzene rings is 2. The van der Waals surface area contributed by atoms with E-state index in [0.717, 1.165) is 73.2 Å². The van der Waals surface area contributed by atoms with Gasteiger partial charge >= 0.3 is 0 Å². The minimum atomic E-state index is -0.260. The summed E-state index contributed by atoms with van der Waals surface area (Å²) in [7, 11) is 0. The van der Waals surface area contributed by atoms with Gasteiger partial charge in [-0.05, 0) is 55.0 Å². The molecule has 200 valence electrons. The Kier molecular flexibility index (Phi) is 8.17. The zero-order chi connectivity index (χ0) is 26.5. The summed E-state index contributed by atoms with van der Waals surface area (Å²) >= 11 is 0. The van der Waals surface area contributed by atoms with Gasteiger partial charge in [-0.3, -0.25) is 14.5 Å². The third kappa shape index (κ3) is 5.96. The maximum Gasteiger partial charge on any atom is 0.276 e. The van der Waals surface area contributed by atoms with E-state index in [1.807, 2.05) is 34.1 Å². The molecule has 7 nitrogen and oxygen atoms in total. The molecular formula is C30H35FN4O3. The molecule has 0 radical (unpaired) electrons. The lowest BCUT2D eigenvalue weighted by Gasteiger charge is -2.28. The van der Waals surface area contributed by atoms with Crippen molar-refractivity contribution in [3.63, 3.8) is 0 Å². The highest BCUT2D eigenvalue weighted by molar-refractivity contribution is 5.95. The van der Waals surface area contributed by atoms with Crippen molar-refractivity contribution in [2.45, 2.75) is 58.5 Å². The number of carbonyl (C=O) groups excluding carboxylic acids is 2. The summed E-state index contributed by atoms with van der Waals surface area (Å²) in [6.07, 6.45) is 5.59. The molecule has 0 fully saturated rings. The fraction of sp³-hybridized carbons (Fsp3) is 0.433. The van der Waals surface area contributed by atoms with Crippen LogP contribution in [0.3, 0.4) is 0 Å². The number of anilines is 1. The predicted octanol–water partition coefficient (Wildman–Crippen LogP) is 4.98. The average Bonchev–Trinajstić information content (AvgIpc) is 3.15. The number of nitrogens with zero attached hydrogens (tertiary/aromatic N) is 4. The van der Waals surface area contributed by atoms with Crippen LogP contribution in [-0.4, -0.2) is 52.9 Å².